The highest BCUT2D eigenvalue weighted by molar-refractivity contribution is 7.99. The van der Waals surface area contributed by atoms with Crippen LogP contribution in [0.15, 0.2) is 47.6 Å². The lowest BCUT2D eigenvalue weighted by Crippen LogP contribution is -2.28. The lowest BCUT2D eigenvalue weighted by atomic mass is 10.1. The van der Waals surface area contributed by atoms with E-state index < -0.39 is 23.5 Å². The summed E-state index contributed by atoms with van der Waals surface area (Å²) in [6.45, 7) is 1.62. The molecule has 0 bridgehead atoms. The van der Waals surface area contributed by atoms with E-state index in [9.17, 15) is 18.0 Å². The minimum atomic E-state index is -2.68. The molecule has 2 rings (SSSR count). The molecule has 0 saturated carbocycles. The van der Waals surface area contributed by atoms with Crippen LogP contribution in [0, 0.1) is 5.82 Å². The van der Waals surface area contributed by atoms with Gasteiger partial charge in [-0.2, -0.15) is 8.78 Å². The van der Waals surface area contributed by atoms with E-state index in [1.807, 2.05) is 0 Å². The first-order valence-corrected chi connectivity index (χ1v) is 7.32. The maximum Gasteiger partial charge on any atom is 0.290 e. The highest BCUT2D eigenvalue weighted by Gasteiger charge is 2.19. The average molecular weight is 326 g/mol. The first-order chi connectivity index (χ1) is 10.5. The van der Waals surface area contributed by atoms with Crippen LogP contribution in [0.2, 0.25) is 0 Å². The van der Waals surface area contributed by atoms with Gasteiger partial charge in [-0.1, -0.05) is 18.2 Å². The highest BCUT2D eigenvalue weighted by Crippen LogP contribution is 2.26. The number of amides is 1. The summed E-state index contributed by atoms with van der Waals surface area (Å²) in [5.41, 5.74) is 0.360. The van der Waals surface area contributed by atoms with Crippen molar-refractivity contribution >= 4 is 17.7 Å². The van der Waals surface area contributed by atoms with Crippen LogP contribution >= 0.6 is 11.8 Å². The molecule has 3 nitrogen and oxygen atoms in total. The van der Waals surface area contributed by atoms with E-state index in [-0.39, 0.29) is 22.4 Å². The lowest BCUT2D eigenvalue weighted by Gasteiger charge is -2.16. The Bertz CT molecular complexity index is 667. The Labute approximate surface area is 129 Å². The Hall–Kier alpha value is -2.02. The van der Waals surface area contributed by atoms with Crippen LogP contribution in [0.25, 0.3) is 0 Å². The van der Waals surface area contributed by atoms with Crippen molar-refractivity contribution in [3.05, 3.63) is 59.5 Å². The number of hydrogen-bond donors (Lipinski definition) is 1. The number of carbonyl (C=O) groups is 1. The third-order valence-corrected chi connectivity index (χ3v) is 3.66. The summed E-state index contributed by atoms with van der Waals surface area (Å²) >= 11 is 0.200. The molecule has 0 fully saturated rings. The smallest absolute Gasteiger partial charge is 0.290 e. The number of aromatic nitrogens is 1. The molecule has 0 aliphatic heterocycles. The van der Waals surface area contributed by atoms with Crippen LogP contribution in [0.1, 0.15) is 28.9 Å². The van der Waals surface area contributed by atoms with Crippen molar-refractivity contribution in [2.75, 3.05) is 0 Å². The molecule has 0 aliphatic carbocycles. The second-order valence-electron chi connectivity index (χ2n) is 4.45. The van der Waals surface area contributed by atoms with Crippen molar-refractivity contribution < 1.29 is 18.0 Å². The molecule has 1 unspecified atom stereocenters. The lowest BCUT2D eigenvalue weighted by molar-refractivity contribution is 0.0935. The summed E-state index contributed by atoms with van der Waals surface area (Å²) in [7, 11) is 0. The fraction of sp³-hybridized carbons (Fsp3) is 0.200. The number of nitrogens with zero attached hydrogens (tertiary/aromatic N) is 1. The van der Waals surface area contributed by atoms with E-state index in [2.05, 4.69) is 10.3 Å². The second kappa shape index (κ2) is 7.31. The Morgan fingerprint density at radius 3 is 2.64 bits per heavy atom. The molecule has 1 aromatic heterocycles. The van der Waals surface area contributed by atoms with E-state index in [4.69, 9.17) is 0 Å². The maximum atomic E-state index is 13.7. The molecule has 1 N–H and O–H groups in total. The zero-order valence-corrected chi connectivity index (χ0v) is 12.4. The fourth-order valence-electron chi connectivity index (χ4n) is 1.92. The van der Waals surface area contributed by atoms with Crippen LogP contribution < -0.4 is 5.32 Å². The molecule has 1 aromatic carbocycles. The Morgan fingerprint density at radius 1 is 1.23 bits per heavy atom. The topological polar surface area (TPSA) is 42.0 Å². The minimum absolute atomic E-state index is 0.0380. The molecular formula is C15H13F3N2OS. The quantitative estimate of drug-likeness (QED) is 0.844. The van der Waals surface area contributed by atoms with E-state index in [0.717, 1.165) is 0 Å². The van der Waals surface area contributed by atoms with E-state index in [1.54, 1.807) is 25.1 Å². The summed E-state index contributed by atoms with van der Waals surface area (Å²) in [6.07, 6.45) is 1.34. The van der Waals surface area contributed by atoms with Gasteiger partial charge in [0.15, 0.2) is 0 Å². The largest absolute Gasteiger partial charge is 0.345 e. The van der Waals surface area contributed by atoms with Gasteiger partial charge in [0.05, 0.1) is 11.6 Å². The molecule has 1 heterocycles. The molecule has 22 heavy (non-hydrogen) atoms. The number of nitrogens with one attached hydrogen (secondary N) is 1. The summed E-state index contributed by atoms with van der Waals surface area (Å²) in [5, 5.41) is 2.53. The van der Waals surface area contributed by atoms with Gasteiger partial charge in [-0.15, -0.1) is 0 Å². The van der Waals surface area contributed by atoms with Crippen molar-refractivity contribution in [2.24, 2.45) is 0 Å². The molecule has 0 radical (unpaired) electrons. The Kier molecular flexibility index (Phi) is 5.43. The molecule has 7 heteroatoms. The first-order valence-electron chi connectivity index (χ1n) is 6.44. The van der Waals surface area contributed by atoms with Gasteiger partial charge in [-0.3, -0.25) is 4.79 Å². The van der Waals surface area contributed by atoms with E-state index >= 15 is 0 Å². The SMILES string of the molecule is CC(NC(=O)c1cccnc1SC(F)F)c1ccccc1F. The van der Waals surface area contributed by atoms with E-state index in [1.165, 1.54) is 24.4 Å². The third kappa shape index (κ3) is 4.00. The number of hydrogen-bond acceptors (Lipinski definition) is 3. The van der Waals surface area contributed by atoms with Gasteiger partial charge in [0.1, 0.15) is 10.8 Å². The summed E-state index contributed by atoms with van der Waals surface area (Å²) in [6, 6.07) is 8.34. The van der Waals surface area contributed by atoms with Crippen LogP contribution in [0.5, 0.6) is 0 Å². The molecule has 1 atom stereocenters. The molecule has 0 saturated heterocycles. The van der Waals surface area contributed by atoms with Crippen molar-refractivity contribution in [1.29, 1.82) is 0 Å². The van der Waals surface area contributed by atoms with Crippen molar-refractivity contribution in [3.63, 3.8) is 0 Å². The van der Waals surface area contributed by atoms with Gasteiger partial charge in [-0.25, -0.2) is 9.37 Å². The van der Waals surface area contributed by atoms with Crippen LogP contribution in [0.3, 0.4) is 0 Å². The van der Waals surface area contributed by atoms with Crippen LogP contribution in [-0.2, 0) is 0 Å². The van der Waals surface area contributed by atoms with Crippen molar-refractivity contribution in [3.8, 4) is 0 Å². The minimum Gasteiger partial charge on any atom is -0.345 e. The number of halogens is 3. The molecule has 1 amide bonds. The van der Waals surface area contributed by atoms with Crippen molar-refractivity contribution in [2.45, 2.75) is 23.7 Å². The standard InChI is InChI=1S/C15H13F3N2OS/c1-9(10-5-2-3-7-12(10)16)20-13(21)11-6-4-8-19-14(11)22-15(17)18/h2-9,15H,1H3,(H,20,21). The number of thioether (sulfide) groups is 1. The molecular weight excluding hydrogens is 313 g/mol. The monoisotopic (exact) mass is 326 g/mol. The Morgan fingerprint density at radius 2 is 1.95 bits per heavy atom. The van der Waals surface area contributed by atoms with E-state index in [0.29, 0.717) is 5.56 Å². The normalized spacial score (nSPS) is 12.2. The molecule has 0 spiro atoms. The maximum absolute atomic E-state index is 13.7. The second-order valence-corrected chi connectivity index (χ2v) is 5.43. The number of benzene rings is 1. The predicted octanol–water partition coefficient (Wildman–Crippen LogP) is 4.03. The van der Waals surface area contributed by atoms with Crippen LogP contribution in [0.4, 0.5) is 13.2 Å². The van der Waals surface area contributed by atoms with Crippen LogP contribution in [-0.4, -0.2) is 16.6 Å². The van der Waals surface area contributed by atoms with Gasteiger partial charge >= 0.3 is 0 Å². The first kappa shape index (κ1) is 16.4. The van der Waals surface area contributed by atoms with Gasteiger partial charge in [0.25, 0.3) is 11.7 Å². The van der Waals surface area contributed by atoms with Gasteiger partial charge < -0.3 is 5.32 Å². The average Bonchev–Trinajstić information content (AvgIpc) is 2.47. The fourth-order valence-corrected chi connectivity index (χ4v) is 2.50. The highest BCUT2D eigenvalue weighted by atomic mass is 32.2. The number of rotatable bonds is 5. The number of pyridine rings is 1. The van der Waals surface area contributed by atoms with Gasteiger partial charge in [0.2, 0.25) is 0 Å². The number of carbonyl (C=O) groups excluding carboxylic acids is 1. The molecule has 2 aromatic rings. The van der Waals surface area contributed by atoms with Crippen molar-refractivity contribution in [1.82, 2.24) is 10.3 Å². The Balaban J connectivity index is 2.17. The molecule has 116 valence electrons. The predicted molar refractivity (Wildman–Crippen MR) is 78.4 cm³/mol. The molecule has 0 aliphatic rings. The zero-order chi connectivity index (χ0) is 16.1. The zero-order valence-electron chi connectivity index (χ0n) is 11.6. The number of alkyl halides is 2. The third-order valence-electron chi connectivity index (χ3n) is 2.94. The summed E-state index contributed by atoms with van der Waals surface area (Å²) in [5.74, 6) is -3.69. The van der Waals surface area contributed by atoms with Gasteiger partial charge in [-0.05, 0) is 36.9 Å². The summed E-state index contributed by atoms with van der Waals surface area (Å²) in [4.78, 5) is 16.0. The van der Waals surface area contributed by atoms with Gasteiger partial charge in [0, 0.05) is 11.8 Å². The summed E-state index contributed by atoms with van der Waals surface area (Å²) < 4.78 is 38.6.